The average Bonchev–Trinajstić information content (AvgIpc) is 3.00. The number of ether oxygens (including phenoxy) is 1. The molecular weight excluding hydrogens is 495 g/mol. The van der Waals surface area contributed by atoms with Crippen LogP contribution < -0.4 is 20.1 Å². The molecule has 3 heterocycles. The lowest BCUT2D eigenvalue weighted by atomic mass is 10.0. The fourth-order valence-corrected chi connectivity index (χ4v) is 4.64. The third-order valence-corrected chi connectivity index (χ3v) is 6.33. The van der Waals surface area contributed by atoms with Crippen LogP contribution in [0.15, 0.2) is 41.3 Å². The van der Waals surface area contributed by atoms with Crippen LogP contribution in [0.5, 0.6) is 5.75 Å². The maximum absolute atomic E-state index is 13.6. The number of anilines is 2. The first-order valence-electron chi connectivity index (χ1n) is 10.8. The molecular formula is C24H20F3N5O3S. The quantitative estimate of drug-likeness (QED) is 0.484. The van der Waals surface area contributed by atoms with Gasteiger partial charge in [-0.25, -0.2) is 4.98 Å². The van der Waals surface area contributed by atoms with Crippen LogP contribution in [-0.2, 0) is 17.4 Å². The molecule has 0 saturated carbocycles. The fourth-order valence-electron chi connectivity index (χ4n) is 4.12. The van der Waals surface area contributed by atoms with Gasteiger partial charge in [-0.1, -0.05) is 6.92 Å². The van der Waals surface area contributed by atoms with Gasteiger partial charge in [0.15, 0.2) is 16.5 Å². The number of nitriles is 1. The lowest BCUT2D eigenvalue weighted by molar-refractivity contribution is -0.137. The third kappa shape index (κ3) is 3.85. The molecule has 1 aromatic carbocycles. The molecule has 1 aliphatic heterocycles. The van der Waals surface area contributed by atoms with Gasteiger partial charge in [0.1, 0.15) is 5.54 Å². The van der Waals surface area contributed by atoms with E-state index in [0.717, 1.165) is 17.0 Å². The second-order valence-corrected chi connectivity index (χ2v) is 8.92. The molecule has 4 rings (SSSR count). The maximum atomic E-state index is 13.6. The first kappa shape index (κ1) is 25.1. The summed E-state index contributed by atoms with van der Waals surface area (Å²) in [6, 6.07) is 7.43. The molecule has 0 N–H and O–H groups in total. The van der Waals surface area contributed by atoms with E-state index in [1.807, 2.05) is 6.92 Å². The fraction of sp³-hybridized carbons (Fsp3) is 0.292. The monoisotopic (exact) mass is 515 g/mol. The van der Waals surface area contributed by atoms with Gasteiger partial charge in [-0.2, -0.15) is 18.4 Å². The van der Waals surface area contributed by atoms with Crippen LogP contribution in [0.2, 0.25) is 0 Å². The normalized spacial score (nSPS) is 15.5. The number of benzene rings is 1. The molecule has 2 aromatic heterocycles. The number of rotatable bonds is 4. The number of thiocarbonyl (C=S) groups is 1. The van der Waals surface area contributed by atoms with Crippen LogP contribution in [0.4, 0.5) is 24.5 Å². The van der Waals surface area contributed by atoms with E-state index in [0.29, 0.717) is 17.8 Å². The minimum absolute atomic E-state index is 0.101. The number of aryl methyl sites for hydroxylation is 1. The molecule has 0 aliphatic carbocycles. The minimum Gasteiger partial charge on any atom is -0.493 e. The number of carbonyl (C=O) groups excluding carboxylic acids is 1. The molecule has 1 saturated heterocycles. The van der Waals surface area contributed by atoms with Crippen molar-refractivity contribution in [3.8, 4) is 11.8 Å². The highest BCUT2D eigenvalue weighted by atomic mass is 32.1. The Morgan fingerprint density at radius 2 is 1.86 bits per heavy atom. The summed E-state index contributed by atoms with van der Waals surface area (Å²) < 4.78 is 47.4. The van der Waals surface area contributed by atoms with Gasteiger partial charge in [0.25, 0.3) is 11.5 Å². The summed E-state index contributed by atoms with van der Waals surface area (Å²) in [6.07, 6.45) is -2.82. The van der Waals surface area contributed by atoms with E-state index in [2.05, 4.69) is 4.98 Å². The Morgan fingerprint density at radius 1 is 1.17 bits per heavy atom. The minimum atomic E-state index is -4.81. The van der Waals surface area contributed by atoms with Crippen LogP contribution in [0.25, 0.3) is 5.65 Å². The highest BCUT2D eigenvalue weighted by molar-refractivity contribution is 7.81. The number of hydrogen-bond donors (Lipinski definition) is 0. The Bertz CT molecular complexity index is 1520. The first-order chi connectivity index (χ1) is 16.8. The predicted molar refractivity (Wildman–Crippen MR) is 130 cm³/mol. The molecule has 0 unspecified atom stereocenters. The molecule has 1 fully saturated rings. The Kier molecular flexibility index (Phi) is 6.00. The number of hydrogen-bond acceptors (Lipinski definition) is 6. The second kappa shape index (κ2) is 8.60. The average molecular weight is 516 g/mol. The highest BCUT2D eigenvalue weighted by Crippen LogP contribution is 2.40. The SMILES string of the molecule is CCc1cc(=O)n2cc(N3C(=S)N(c4ccc(C#N)c(C(F)(F)F)c4)C(=O)C3(C)C)cc(OC)c2n1. The number of methoxy groups -OCH3 is 1. The van der Waals surface area contributed by atoms with Gasteiger partial charge >= 0.3 is 6.18 Å². The highest BCUT2D eigenvalue weighted by Gasteiger charge is 2.51. The van der Waals surface area contributed by atoms with Crippen molar-refractivity contribution < 1.29 is 22.7 Å². The van der Waals surface area contributed by atoms with E-state index in [9.17, 15) is 22.8 Å². The number of fused-ring (bicyclic) bond motifs is 1. The van der Waals surface area contributed by atoms with E-state index in [-0.39, 0.29) is 27.8 Å². The van der Waals surface area contributed by atoms with Crippen molar-refractivity contribution in [2.45, 2.75) is 38.9 Å². The molecule has 36 heavy (non-hydrogen) atoms. The van der Waals surface area contributed by atoms with Gasteiger partial charge in [-0.3, -0.25) is 18.9 Å². The summed E-state index contributed by atoms with van der Waals surface area (Å²) in [5, 5.41) is 9.00. The largest absolute Gasteiger partial charge is 0.493 e. The second-order valence-electron chi connectivity index (χ2n) is 8.56. The number of alkyl halides is 3. The number of aromatic nitrogens is 2. The van der Waals surface area contributed by atoms with Gasteiger partial charge < -0.3 is 9.64 Å². The third-order valence-electron chi connectivity index (χ3n) is 5.96. The van der Waals surface area contributed by atoms with Gasteiger partial charge in [0.05, 0.1) is 35.7 Å². The van der Waals surface area contributed by atoms with Crippen LogP contribution in [0.1, 0.15) is 37.6 Å². The lowest BCUT2D eigenvalue weighted by Gasteiger charge is -2.29. The number of amides is 1. The molecule has 0 radical (unpaired) electrons. The Labute approximate surface area is 209 Å². The smallest absolute Gasteiger partial charge is 0.417 e. The van der Waals surface area contributed by atoms with Gasteiger partial charge in [-0.05, 0) is 50.7 Å². The molecule has 1 amide bonds. The number of carbonyl (C=O) groups is 1. The van der Waals surface area contributed by atoms with Crippen LogP contribution >= 0.6 is 12.2 Å². The molecule has 1 aliphatic rings. The molecule has 8 nitrogen and oxygen atoms in total. The Hall–Kier alpha value is -3.98. The van der Waals surface area contributed by atoms with Crippen LogP contribution in [-0.4, -0.2) is 33.1 Å². The van der Waals surface area contributed by atoms with Crippen LogP contribution in [0, 0.1) is 11.3 Å². The Balaban J connectivity index is 1.89. The topological polar surface area (TPSA) is 90.9 Å². The van der Waals surface area contributed by atoms with Crippen molar-refractivity contribution >= 4 is 40.3 Å². The number of nitrogens with zero attached hydrogens (tertiary/aromatic N) is 5. The summed E-state index contributed by atoms with van der Waals surface area (Å²) in [4.78, 5) is 33.1. The van der Waals surface area contributed by atoms with Crippen molar-refractivity contribution in [3.05, 3.63) is 63.7 Å². The molecule has 0 spiro atoms. The molecule has 3 aromatic rings. The van der Waals surface area contributed by atoms with E-state index >= 15 is 0 Å². The van der Waals surface area contributed by atoms with Crippen molar-refractivity contribution in [1.82, 2.24) is 9.38 Å². The zero-order valence-corrected chi connectivity index (χ0v) is 20.5. The maximum Gasteiger partial charge on any atom is 0.417 e. The van der Waals surface area contributed by atoms with E-state index < -0.39 is 28.7 Å². The summed E-state index contributed by atoms with van der Waals surface area (Å²) in [5.74, 6) is -0.335. The van der Waals surface area contributed by atoms with E-state index in [1.54, 1.807) is 19.9 Å². The summed E-state index contributed by atoms with van der Waals surface area (Å²) in [6.45, 7) is 4.99. The number of halogens is 3. The van der Waals surface area contributed by atoms with Gasteiger partial charge in [0, 0.05) is 24.0 Å². The van der Waals surface area contributed by atoms with Crippen molar-refractivity contribution in [2.75, 3.05) is 16.9 Å². The molecule has 0 atom stereocenters. The predicted octanol–water partition coefficient (Wildman–Crippen LogP) is 4.07. The van der Waals surface area contributed by atoms with Gasteiger partial charge in [-0.15, -0.1) is 0 Å². The Morgan fingerprint density at radius 3 is 2.44 bits per heavy atom. The first-order valence-corrected chi connectivity index (χ1v) is 11.2. The van der Waals surface area contributed by atoms with Crippen LogP contribution in [0.3, 0.4) is 0 Å². The molecule has 0 bridgehead atoms. The van der Waals surface area contributed by atoms with Crippen molar-refractivity contribution in [3.63, 3.8) is 0 Å². The standard InChI is InChI=1S/C24H20F3N5O3S/c1-5-14-8-19(33)30-12-16(10-18(35-4)20(30)29-14)32-22(36)31(21(34)23(32,2)3)15-7-6-13(11-28)17(9-15)24(25,26)27/h6-10,12H,5H2,1-4H3. The van der Waals surface area contributed by atoms with Crippen molar-refractivity contribution in [2.24, 2.45) is 0 Å². The van der Waals surface area contributed by atoms with E-state index in [1.165, 1.54) is 40.8 Å². The van der Waals surface area contributed by atoms with E-state index in [4.69, 9.17) is 22.2 Å². The summed E-state index contributed by atoms with van der Waals surface area (Å²) >= 11 is 5.57. The van der Waals surface area contributed by atoms with Gasteiger partial charge in [0.2, 0.25) is 0 Å². The lowest BCUT2D eigenvalue weighted by Crippen LogP contribution is -2.44. The van der Waals surface area contributed by atoms with Crippen molar-refractivity contribution in [1.29, 1.82) is 5.26 Å². The zero-order valence-electron chi connectivity index (χ0n) is 19.7. The number of pyridine rings is 1. The summed E-state index contributed by atoms with van der Waals surface area (Å²) in [5.41, 5.74) is -2.42. The summed E-state index contributed by atoms with van der Waals surface area (Å²) in [7, 11) is 1.41. The molecule has 12 heteroatoms. The zero-order chi connectivity index (χ0) is 26.6. The molecule has 186 valence electrons.